The Bertz CT molecular complexity index is 1300. The lowest BCUT2D eigenvalue weighted by atomic mass is 9.86. The maximum atomic E-state index is 13.5. The highest BCUT2D eigenvalue weighted by atomic mass is 32.1. The third kappa shape index (κ3) is 4.30. The normalized spacial score (nSPS) is 18.6. The van der Waals surface area contributed by atoms with Crippen molar-refractivity contribution < 1.29 is 9.59 Å². The van der Waals surface area contributed by atoms with Crippen LogP contribution in [-0.2, 0) is 16.0 Å². The number of carbonyl (C=O) groups excluding carboxylic acids is 2. The number of benzene rings is 2. The molecule has 0 spiro atoms. The number of thiazole rings is 1. The van der Waals surface area contributed by atoms with E-state index in [-0.39, 0.29) is 23.8 Å². The van der Waals surface area contributed by atoms with Gasteiger partial charge in [0.1, 0.15) is 0 Å². The molecule has 2 aromatic heterocycles. The SMILES string of the molecule is CCc1ccc2nc(NC(=O)[C@H]3CCC(=O)N(c4ccc(C)cc4)[C@H]3c3cccs3)sc2c1. The number of carbonyl (C=O) groups is 2. The number of nitrogens with one attached hydrogen (secondary N) is 1. The summed E-state index contributed by atoms with van der Waals surface area (Å²) in [6.45, 7) is 4.15. The van der Waals surface area contributed by atoms with Gasteiger partial charge in [0.2, 0.25) is 11.8 Å². The number of aromatic nitrogens is 1. The van der Waals surface area contributed by atoms with E-state index < -0.39 is 0 Å². The van der Waals surface area contributed by atoms with E-state index >= 15 is 0 Å². The molecule has 5 nitrogen and oxygen atoms in total. The lowest BCUT2D eigenvalue weighted by Gasteiger charge is -2.40. The summed E-state index contributed by atoms with van der Waals surface area (Å²) in [5.41, 5.74) is 4.10. The summed E-state index contributed by atoms with van der Waals surface area (Å²) in [6, 6.07) is 17.8. The van der Waals surface area contributed by atoms with Crippen molar-refractivity contribution in [1.29, 1.82) is 0 Å². The van der Waals surface area contributed by atoms with Crippen molar-refractivity contribution in [2.75, 3.05) is 10.2 Å². The van der Waals surface area contributed by atoms with E-state index in [1.807, 2.05) is 59.7 Å². The van der Waals surface area contributed by atoms with Crippen LogP contribution in [0.1, 0.15) is 41.8 Å². The summed E-state index contributed by atoms with van der Waals surface area (Å²) in [5.74, 6) is -0.401. The standard InChI is InChI=1S/C26H25N3O2S2/c1-3-17-8-12-20-22(15-17)33-26(27-20)28-25(31)19-11-13-23(30)29(18-9-6-16(2)7-10-18)24(19)21-5-4-14-32-21/h4-10,12,14-15,19,24H,3,11,13H2,1-2H3,(H,27,28,31)/t19-,24+/m0/s1. The summed E-state index contributed by atoms with van der Waals surface area (Å²) in [5, 5.41) is 5.66. The molecule has 1 N–H and O–H groups in total. The zero-order chi connectivity index (χ0) is 22.9. The number of aryl methyl sites for hydroxylation is 2. The van der Waals surface area contributed by atoms with Gasteiger partial charge in [-0.25, -0.2) is 4.98 Å². The van der Waals surface area contributed by atoms with Crippen molar-refractivity contribution in [3.63, 3.8) is 0 Å². The number of amides is 2. The first-order valence-electron chi connectivity index (χ1n) is 11.2. The number of fused-ring (bicyclic) bond motifs is 1. The molecule has 7 heteroatoms. The van der Waals surface area contributed by atoms with E-state index in [9.17, 15) is 9.59 Å². The molecule has 5 rings (SSSR count). The topological polar surface area (TPSA) is 62.3 Å². The van der Waals surface area contributed by atoms with Gasteiger partial charge in [0.25, 0.3) is 0 Å². The molecule has 1 aliphatic rings. The second kappa shape index (κ2) is 9.08. The number of hydrogen-bond acceptors (Lipinski definition) is 5. The van der Waals surface area contributed by atoms with E-state index in [0.29, 0.717) is 18.0 Å². The van der Waals surface area contributed by atoms with Gasteiger partial charge in [0, 0.05) is 17.0 Å². The monoisotopic (exact) mass is 475 g/mol. The fourth-order valence-corrected chi connectivity index (χ4v) is 6.22. The number of anilines is 2. The first-order chi connectivity index (χ1) is 16.0. The molecule has 4 aromatic rings. The summed E-state index contributed by atoms with van der Waals surface area (Å²) >= 11 is 3.08. The van der Waals surface area contributed by atoms with Gasteiger partial charge in [-0.15, -0.1) is 11.3 Å². The van der Waals surface area contributed by atoms with Gasteiger partial charge in [-0.05, 0) is 61.0 Å². The summed E-state index contributed by atoms with van der Waals surface area (Å²) in [4.78, 5) is 34.1. The highest BCUT2D eigenvalue weighted by Gasteiger charge is 2.42. The lowest BCUT2D eigenvalue weighted by Crippen LogP contribution is -2.46. The predicted molar refractivity (Wildman–Crippen MR) is 136 cm³/mol. The molecular weight excluding hydrogens is 450 g/mol. The van der Waals surface area contributed by atoms with Crippen LogP contribution >= 0.6 is 22.7 Å². The Hall–Kier alpha value is -3.03. The van der Waals surface area contributed by atoms with E-state index in [4.69, 9.17) is 0 Å². The van der Waals surface area contributed by atoms with Crippen LogP contribution in [0.2, 0.25) is 0 Å². The van der Waals surface area contributed by atoms with Crippen LogP contribution in [0, 0.1) is 12.8 Å². The Morgan fingerprint density at radius 1 is 1.18 bits per heavy atom. The molecule has 1 saturated heterocycles. The van der Waals surface area contributed by atoms with Gasteiger partial charge in [0.15, 0.2) is 5.13 Å². The highest BCUT2D eigenvalue weighted by molar-refractivity contribution is 7.22. The van der Waals surface area contributed by atoms with Gasteiger partial charge in [-0.1, -0.05) is 48.1 Å². The van der Waals surface area contributed by atoms with Crippen LogP contribution in [0.15, 0.2) is 60.0 Å². The second-order valence-corrected chi connectivity index (χ2v) is 10.4. The quantitative estimate of drug-likeness (QED) is 0.366. The van der Waals surface area contributed by atoms with E-state index in [2.05, 4.69) is 29.4 Å². The van der Waals surface area contributed by atoms with E-state index in [1.165, 1.54) is 16.9 Å². The van der Waals surface area contributed by atoms with Crippen LogP contribution in [0.5, 0.6) is 0 Å². The smallest absolute Gasteiger partial charge is 0.231 e. The number of hydrogen-bond donors (Lipinski definition) is 1. The van der Waals surface area contributed by atoms with Gasteiger partial charge < -0.3 is 10.2 Å². The van der Waals surface area contributed by atoms with Crippen molar-refractivity contribution in [2.45, 2.75) is 39.2 Å². The average molecular weight is 476 g/mol. The van der Waals surface area contributed by atoms with E-state index in [1.54, 1.807) is 11.3 Å². The number of piperidine rings is 1. The van der Waals surface area contributed by atoms with Crippen molar-refractivity contribution in [2.24, 2.45) is 5.92 Å². The summed E-state index contributed by atoms with van der Waals surface area (Å²) < 4.78 is 1.07. The fraction of sp³-hybridized carbons (Fsp3) is 0.269. The van der Waals surface area contributed by atoms with E-state index in [0.717, 1.165) is 32.8 Å². The van der Waals surface area contributed by atoms with Crippen molar-refractivity contribution in [3.05, 3.63) is 76.0 Å². The number of thiophene rings is 1. The maximum Gasteiger partial charge on any atom is 0.231 e. The molecule has 2 atom stereocenters. The first kappa shape index (κ1) is 21.8. The lowest BCUT2D eigenvalue weighted by molar-refractivity contribution is -0.125. The van der Waals surface area contributed by atoms with Gasteiger partial charge in [0.05, 0.1) is 22.2 Å². The average Bonchev–Trinajstić information content (AvgIpc) is 3.48. The Kier molecular flexibility index (Phi) is 6.00. The van der Waals surface area contributed by atoms with Gasteiger partial charge >= 0.3 is 0 Å². The molecule has 2 aromatic carbocycles. The van der Waals surface area contributed by atoms with Crippen LogP contribution < -0.4 is 10.2 Å². The molecule has 3 heterocycles. The molecule has 0 unspecified atom stereocenters. The molecule has 0 radical (unpaired) electrons. The molecule has 168 valence electrons. The Morgan fingerprint density at radius 3 is 2.73 bits per heavy atom. The molecule has 0 bridgehead atoms. The Labute approximate surface area is 201 Å². The Morgan fingerprint density at radius 2 is 2.00 bits per heavy atom. The predicted octanol–water partition coefficient (Wildman–Crippen LogP) is 6.35. The summed E-state index contributed by atoms with van der Waals surface area (Å²) in [7, 11) is 0. The Balaban J connectivity index is 1.47. The van der Waals surface area contributed by atoms with Crippen molar-refractivity contribution in [3.8, 4) is 0 Å². The zero-order valence-electron chi connectivity index (χ0n) is 18.6. The van der Waals surface area contributed by atoms with Crippen molar-refractivity contribution >= 4 is 55.5 Å². The molecule has 1 aliphatic heterocycles. The minimum atomic E-state index is -0.360. The zero-order valence-corrected chi connectivity index (χ0v) is 20.2. The van der Waals surface area contributed by atoms with Crippen LogP contribution in [0.4, 0.5) is 10.8 Å². The van der Waals surface area contributed by atoms with Crippen LogP contribution in [0.25, 0.3) is 10.2 Å². The van der Waals surface area contributed by atoms with Crippen LogP contribution in [0.3, 0.4) is 0 Å². The van der Waals surface area contributed by atoms with Gasteiger partial charge in [-0.3, -0.25) is 9.59 Å². The molecule has 33 heavy (non-hydrogen) atoms. The third-order valence-electron chi connectivity index (χ3n) is 6.17. The molecule has 0 aliphatic carbocycles. The minimum absolute atomic E-state index is 0.0494. The maximum absolute atomic E-state index is 13.5. The molecule has 0 saturated carbocycles. The van der Waals surface area contributed by atoms with Crippen molar-refractivity contribution in [1.82, 2.24) is 4.98 Å². The van der Waals surface area contributed by atoms with Gasteiger partial charge in [-0.2, -0.15) is 0 Å². The first-order valence-corrected chi connectivity index (χ1v) is 12.9. The van der Waals surface area contributed by atoms with Crippen LogP contribution in [-0.4, -0.2) is 16.8 Å². The third-order valence-corrected chi connectivity index (χ3v) is 8.05. The molecule has 1 fully saturated rings. The minimum Gasteiger partial charge on any atom is -0.303 e. The molecular formula is C26H25N3O2S2. The molecule has 2 amide bonds. The summed E-state index contributed by atoms with van der Waals surface area (Å²) in [6.07, 6.45) is 1.82. The largest absolute Gasteiger partial charge is 0.303 e. The highest BCUT2D eigenvalue weighted by Crippen LogP contribution is 2.42. The number of nitrogens with zero attached hydrogens (tertiary/aromatic N) is 2. The number of rotatable bonds is 5. The second-order valence-electron chi connectivity index (χ2n) is 8.37. The fourth-order valence-electron chi connectivity index (χ4n) is 4.40.